The Kier molecular flexibility index (Phi) is 5.23. The van der Waals surface area contributed by atoms with Crippen molar-refractivity contribution < 1.29 is 14.3 Å². The molecule has 10 heteroatoms. The van der Waals surface area contributed by atoms with E-state index in [1.54, 1.807) is 24.3 Å². The zero-order valence-electron chi connectivity index (χ0n) is 17.7. The van der Waals surface area contributed by atoms with Crippen molar-refractivity contribution in [3.8, 4) is 28.7 Å². The lowest BCUT2D eigenvalue weighted by Crippen LogP contribution is -2.22. The number of amides is 2. The molecule has 2 aromatic carbocycles. The molecule has 0 spiro atoms. The molecule has 5 rings (SSSR count). The van der Waals surface area contributed by atoms with Crippen molar-refractivity contribution in [2.75, 3.05) is 17.4 Å². The van der Waals surface area contributed by atoms with Gasteiger partial charge in [-0.15, -0.1) is 0 Å². The number of hydrogen-bond donors (Lipinski definition) is 3. The molecule has 10 nitrogen and oxygen atoms in total. The van der Waals surface area contributed by atoms with Crippen molar-refractivity contribution in [2.24, 2.45) is 0 Å². The second kappa shape index (κ2) is 8.50. The van der Waals surface area contributed by atoms with E-state index < -0.39 is 6.03 Å². The van der Waals surface area contributed by atoms with Gasteiger partial charge in [0.05, 0.1) is 5.69 Å². The number of rotatable bonds is 5. The number of aryl methyl sites for hydroxylation is 1. The minimum absolute atomic E-state index is 0.147. The molecule has 0 radical (unpaired) electrons. The summed E-state index contributed by atoms with van der Waals surface area (Å²) in [5, 5.41) is 10.1. The minimum Gasteiger partial charge on any atom is -0.454 e. The molecule has 0 aliphatic carbocycles. The average Bonchev–Trinajstić information content (AvgIpc) is 3.46. The van der Waals surface area contributed by atoms with Gasteiger partial charge in [-0.25, -0.2) is 9.78 Å². The van der Waals surface area contributed by atoms with Gasteiger partial charge in [0.25, 0.3) is 5.56 Å². The maximum Gasteiger partial charge on any atom is 0.324 e. The van der Waals surface area contributed by atoms with Gasteiger partial charge >= 0.3 is 6.03 Å². The van der Waals surface area contributed by atoms with Crippen LogP contribution < -0.4 is 25.7 Å². The smallest absolute Gasteiger partial charge is 0.324 e. The fraction of sp³-hybridized carbons (Fsp3) is 0.130. The molecule has 0 saturated heterocycles. The normalized spacial score (nSPS) is 11.9. The van der Waals surface area contributed by atoms with Crippen molar-refractivity contribution in [1.29, 1.82) is 0 Å². The predicted octanol–water partition coefficient (Wildman–Crippen LogP) is 3.56. The number of ether oxygens (including phenoxy) is 2. The SMILES string of the molecule is CCc1cc(=O)[nH]c(-n2nc(-c3ccccc3)cc2NC(=O)Nc2ccc3c(c2)OCO3)n1. The van der Waals surface area contributed by atoms with Crippen LogP contribution in [0.3, 0.4) is 0 Å². The van der Waals surface area contributed by atoms with Crippen LogP contribution in [0, 0.1) is 0 Å². The van der Waals surface area contributed by atoms with Crippen LogP contribution in [0.5, 0.6) is 11.5 Å². The summed E-state index contributed by atoms with van der Waals surface area (Å²) in [4.78, 5) is 32.1. The quantitative estimate of drug-likeness (QED) is 0.433. The van der Waals surface area contributed by atoms with Gasteiger partial charge < -0.3 is 14.8 Å². The monoisotopic (exact) mass is 444 g/mol. The van der Waals surface area contributed by atoms with E-state index in [-0.39, 0.29) is 18.3 Å². The molecule has 1 aliphatic rings. The number of anilines is 2. The Balaban J connectivity index is 1.47. The number of benzene rings is 2. The van der Waals surface area contributed by atoms with Gasteiger partial charge in [-0.1, -0.05) is 37.3 Å². The van der Waals surface area contributed by atoms with E-state index in [4.69, 9.17) is 9.47 Å². The van der Waals surface area contributed by atoms with Crippen molar-refractivity contribution in [3.05, 3.63) is 76.7 Å². The van der Waals surface area contributed by atoms with Gasteiger partial charge in [-0.2, -0.15) is 9.78 Å². The molecule has 3 heterocycles. The van der Waals surface area contributed by atoms with Crippen LogP contribution in [0.1, 0.15) is 12.6 Å². The summed E-state index contributed by atoms with van der Waals surface area (Å²) in [6.07, 6.45) is 0.580. The number of aromatic nitrogens is 4. The second-order valence-corrected chi connectivity index (χ2v) is 7.25. The number of aromatic amines is 1. The summed E-state index contributed by atoms with van der Waals surface area (Å²) in [6, 6.07) is 17.3. The number of carbonyl (C=O) groups excluding carboxylic acids is 1. The zero-order valence-corrected chi connectivity index (χ0v) is 17.7. The van der Waals surface area contributed by atoms with E-state index in [9.17, 15) is 9.59 Å². The highest BCUT2D eigenvalue weighted by Crippen LogP contribution is 2.34. The van der Waals surface area contributed by atoms with E-state index in [1.165, 1.54) is 10.7 Å². The number of urea groups is 1. The largest absolute Gasteiger partial charge is 0.454 e. The van der Waals surface area contributed by atoms with Gasteiger partial charge in [0.2, 0.25) is 12.7 Å². The summed E-state index contributed by atoms with van der Waals surface area (Å²) in [6.45, 7) is 2.05. The first-order valence-corrected chi connectivity index (χ1v) is 10.3. The molecule has 0 bridgehead atoms. The van der Waals surface area contributed by atoms with E-state index >= 15 is 0 Å². The Hall–Kier alpha value is -4.60. The molecule has 3 N–H and O–H groups in total. The number of nitrogens with zero attached hydrogens (tertiary/aromatic N) is 3. The van der Waals surface area contributed by atoms with E-state index in [1.807, 2.05) is 37.3 Å². The van der Waals surface area contributed by atoms with Crippen LogP contribution in [-0.4, -0.2) is 32.6 Å². The van der Waals surface area contributed by atoms with Gasteiger partial charge in [-0.05, 0) is 18.6 Å². The Morgan fingerprint density at radius 2 is 1.88 bits per heavy atom. The molecule has 2 aromatic heterocycles. The number of carbonyl (C=O) groups is 1. The highest BCUT2D eigenvalue weighted by molar-refractivity contribution is 5.99. The van der Waals surface area contributed by atoms with Crippen LogP contribution in [0.25, 0.3) is 17.2 Å². The maximum absolute atomic E-state index is 12.8. The highest BCUT2D eigenvalue weighted by Gasteiger charge is 2.18. The number of fused-ring (bicyclic) bond motifs is 1. The van der Waals surface area contributed by atoms with Crippen LogP contribution in [0.2, 0.25) is 0 Å². The van der Waals surface area contributed by atoms with Crippen LogP contribution in [0.4, 0.5) is 16.3 Å². The van der Waals surface area contributed by atoms with Crippen LogP contribution in [-0.2, 0) is 6.42 Å². The summed E-state index contributed by atoms with van der Waals surface area (Å²) < 4.78 is 12.1. The summed E-state index contributed by atoms with van der Waals surface area (Å²) in [5.74, 6) is 1.73. The van der Waals surface area contributed by atoms with Crippen molar-refractivity contribution in [1.82, 2.24) is 19.7 Å². The second-order valence-electron chi connectivity index (χ2n) is 7.25. The van der Waals surface area contributed by atoms with E-state index in [0.29, 0.717) is 40.8 Å². The Labute approximate surface area is 188 Å². The first kappa shape index (κ1) is 20.3. The van der Waals surface area contributed by atoms with Crippen molar-refractivity contribution in [3.63, 3.8) is 0 Å². The van der Waals surface area contributed by atoms with Crippen molar-refractivity contribution >= 4 is 17.5 Å². The van der Waals surface area contributed by atoms with Crippen molar-refractivity contribution in [2.45, 2.75) is 13.3 Å². The van der Waals surface area contributed by atoms with Gasteiger partial charge in [0, 0.05) is 35.1 Å². The Morgan fingerprint density at radius 3 is 2.70 bits per heavy atom. The number of nitrogens with one attached hydrogen (secondary N) is 3. The first-order valence-electron chi connectivity index (χ1n) is 10.3. The van der Waals surface area contributed by atoms with Crippen LogP contribution in [0.15, 0.2) is 65.5 Å². The van der Waals surface area contributed by atoms with Gasteiger partial charge in [0.1, 0.15) is 5.82 Å². The number of H-pyrrole nitrogens is 1. The lowest BCUT2D eigenvalue weighted by Gasteiger charge is -2.10. The molecule has 0 unspecified atom stereocenters. The third kappa shape index (κ3) is 4.26. The van der Waals surface area contributed by atoms with Gasteiger partial charge in [0.15, 0.2) is 11.5 Å². The fourth-order valence-electron chi connectivity index (χ4n) is 3.41. The van der Waals surface area contributed by atoms with E-state index in [2.05, 4.69) is 25.7 Å². The Bertz CT molecular complexity index is 1380. The lowest BCUT2D eigenvalue weighted by molar-refractivity contribution is 0.174. The molecule has 4 aromatic rings. The summed E-state index contributed by atoms with van der Waals surface area (Å²) in [5.41, 5.74) is 2.30. The summed E-state index contributed by atoms with van der Waals surface area (Å²) in [7, 11) is 0. The maximum atomic E-state index is 12.8. The van der Waals surface area contributed by atoms with Crippen LogP contribution >= 0.6 is 0 Å². The average molecular weight is 444 g/mol. The molecule has 0 fully saturated rings. The molecular formula is C23H20N6O4. The molecule has 166 valence electrons. The third-order valence-corrected chi connectivity index (χ3v) is 5.00. The molecule has 0 saturated carbocycles. The Morgan fingerprint density at radius 1 is 1.06 bits per heavy atom. The number of hydrogen-bond acceptors (Lipinski definition) is 6. The molecule has 0 atom stereocenters. The molecular weight excluding hydrogens is 424 g/mol. The molecule has 33 heavy (non-hydrogen) atoms. The predicted molar refractivity (Wildman–Crippen MR) is 122 cm³/mol. The molecule has 1 aliphatic heterocycles. The summed E-state index contributed by atoms with van der Waals surface area (Å²) >= 11 is 0. The standard InChI is InChI=1S/C23H20N6O4/c1-2-15-11-21(30)27-22(24-15)29-20(12-17(28-29)14-6-4-3-5-7-14)26-23(31)25-16-8-9-18-19(10-16)33-13-32-18/h3-12H,2,13H2,1H3,(H,24,27,30)(H2,25,26,31). The lowest BCUT2D eigenvalue weighted by atomic mass is 10.2. The zero-order chi connectivity index (χ0) is 22.8. The first-order chi connectivity index (χ1) is 16.1. The fourth-order valence-corrected chi connectivity index (χ4v) is 3.41. The van der Waals surface area contributed by atoms with Gasteiger partial charge in [-0.3, -0.25) is 15.1 Å². The highest BCUT2D eigenvalue weighted by atomic mass is 16.7. The topological polar surface area (TPSA) is 123 Å². The minimum atomic E-state index is -0.497. The van der Waals surface area contributed by atoms with E-state index in [0.717, 1.165) is 5.56 Å². The molecule has 2 amide bonds. The third-order valence-electron chi connectivity index (χ3n) is 5.00.